The Balaban J connectivity index is 1.15. The van der Waals surface area contributed by atoms with E-state index in [4.69, 9.17) is 29.4 Å². The van der Waals surface area contributed by atoms with Crippen LogP contribution in [0.3, 0.4) is 0 Å². The summed E-state index contributed by atoms with van der Waals surface area (Å²) in [7, 11) is 1.60. The molecule has 0 radical (unpaired) electrons. The summed E-state index contributed by atoms with van der Waals surface area (Å²) in [5.41, 5.74) is 9.82. The molecule has 0 bridgehead atoms. The van der Waals surface area contributed by atoms with Crippen LogP contribution in [0.15, 0.2) is 76.4 Å². The molecule has 0 unspecified atom stereocenters. The average Bonchev–Trinajstić information content (AvgIpc) is 3.10. The first-order chi connectivity index (χ1) is 22.9. The van der Waals surface area contributed by atoms with Crippen LogP contribution < -0.4 is 26.0 Å². The van der Waals surface area contributed by atoms with Gasteiger partial charge in [-0.1, -0.05) is 18.2 Å². The first-order valence-electron chi connectivity index (χ1n) is 15.5. The molecule has 2 aliphatic rings. The predicted molar refractivity (Wildman–Crippen MR) is 182 cm³/mol. The third kappa shape index (κ3) is 8.02. The number of methoxy groups -OCH3 is 1. The molecule has 47 heavy (non-hydrogen) atoms. The van der Waals surface area contributed by atoms with Crippen LogP contribution in [0.1, 0.15) is 23.2 Å². The molecule has 0 aliphatic carbocycles. The third-order valence-electron chi connectivity index (χ3n) is 8.27. The lowest BCUT2D eigenvalue weighted by atomic mass is 10.0. The second-order valence-corrected chi connectivity index (χ2v) is 12.4. The molecule has 2 aliphatic heterocycles. The van der Waals surface area contributed by atoms with Crippen molar-refractivity contribution in [2.75, 3.05) is 57.8 Å². The lowest BCUT2D eigenvalue weighted by Crippen LogP contribution is -2.33. The zero-order chi connectivity index (χ0) is 32.8. The van der Waals surface area contributed by atoms with E-state index in [1.807, 2.05) is 41.0 Å². The summed E-state index contributed by atoms with van der Waals surface area (Å²) >= 11 is 3.34. The van der Waals surface area contributed by atoms with Crippen molar-refractivity contribution in [2.45, 2.75) is 25.5 Å². The van der Waals surface area contributed by atoms with Crippen LogP contribution in [-0.4, -0.2) is 68.3 Å². The van der Waals surface area contributed by atoms with E-state index < -0.39 is 5.91 Å². The van der Waals surface area contributed by atoms with Crippen LogP contribution in [0, 0.1) is 5.92 Å². The molecule has 246 valence electrons. The maximum atomic E-state index is 13.2. The second-order valence-electron chi connectivity index (χ2n) is 11.5. The summed E-state index contributed by atoms with van der Waals surface area (Å²) in [5, 5.41) is 2.86. The number of nitrogen functional groups attached to an aromatic ring is 1. The molecule has 2 fully saturated rings. The number of pyridine rings is 2. The first kappa shape index (κ1) is 32.7. The molecule has 1 amide bonds. The lowest BCUT2D eigenvalue weighted by molar-refractivity contribution is -0.101. The van der Waals surface area contributed by atoms with Gasteiger partial charge in [0, 0.05) is 55.2 Å². The summed E-state index contributed by atoms with van der Waals surface area (Å²) in [6, 6.07) is 14.9. The van der Waals surface area contributed by atoms with Gasteiger partial charge in [0.2, 0.25) is 5.43 Å². The van der Waals surface area contributed by atoms with Crippen molar-refractivity contribution in [1.29, 1.82) is 0 Å². The largest absolute Gasteiger partial charge is 0.493 e. The molecule has 2 saturated heterocycles. The highest BCUT2D eigenvalue weighted by atomic mass is 79.9. The number of nitrogens with one attached hydrogen (secondary N) is 1. The fourth-order valence-electron chi connectivity index (χ4n) is 5.67. The molecule has 4 aromatic rings. The lowest BCUT2D eigenvalue weighted by Gasteiger charge is -2.23. The Labute approximate surface area is 281 Å². The maximum Gasteiger partial charge on any atom is 0.261 e. The van der Waals surface area contributed by atoms with E-state index in [9.17, 15) is 9.59 Å². The van der Waals surface area contributed by atoms with Gasteiger partial charge < -0.3 is 39.3 Å². The van der Waals surface area contributed by atoms with Gasteiger partial charge in [0.25, 0.3) is 5.91 Å². The minimum Gasteiger partial charge on any atom is -0.493 e. The summed E-state index contributed by atoms with van der Waals surface area (Å²) in [5.74, 6) is 1.51. The zero-order valence-corrected chi connectivity index (χ0v) is 27.7. The summed E-state index contributed by atoms with van der Waals surface area (Å²) < 4.78 is 30.4. The number of carbonyl (C=O) groups is 1. The van der Waals surface area contributed by atoms with Crippen molar-refractivity contribution in [3.8, 4) is 33.8 Å². The van der Waals surface area contributed by atoms with E-state index in [1.165, 1.54) is 0 Å². The predicted octanol–water partition coefficient (Wildman–Crippen LogP) is 5.40. The van der Waals surface area contributed by atoms with Crippen LogP contribution in [0.5, 0.6) is 11.5 Å². The molecule has 12 heteroatoms. The molecule has 2 aromatic carbocycles. The standard InChI is InChI=1S/C35H37BrN4O7/c1-43-32-15-24(4-7-31(32)47-21-27-20-45-12-13-46-27)25-14-28(34(37)38-16-25)23-2-5-26(6-3-23)39-35(42)29-18-40(19-30(36)33(29)41)17-22-8-10-44-11-9-22/h2-7,14-16,18-19,22,27H,8-13,17,20-21H2,1H3,(H2,37,38)(H,39,42)/t27-/m1/s1. The number of aromatic nitrogens is 2. The number of hydrogen-bond donors (Lipinski definition) is 2. The van der Waals surface area contributed by atoms with Crippen LogP contribution in [0.2, 0.25) is 0 Å². The quantitative estimate of drug-likeness (QED) is 0.222. The molecule has 0 saturated carbocycles. The minimum absolute atomic E-state index is 0.0693. The Morgan fingerprint density at radius 2 is 1.79 bits per heavy atom. The number of carbonyl (C=O) groups excluding carboxylic acids is 1. The smallest absolute Gasteiger partial charge is 0.261 e. The summed E-state index contributed by atoms with van der Waals surface area (Å²) in [6.07, 6.45) is 6.84. The van der Waals surface area contributed by atoms with Crippen molar-refractivity contribution in [3.05, 3.63) is 87.4 Å². The highest BCUT2D eigenvalue weighted by molar-refractivity contribution is 9.10. The SMILES string of the molecule is COc1cc(-c2cnc(N)c(-c3ccc(NC(=O)c4cn(CC5CCOCC5)cc(Br)c4=O)cc3)c2)ccc1OC[C@H]1COCCO1. The number of benzene rings is 2. The maximum absolute atomic E-state index is 13.2. The number of nitrogens with zero attached hydrogens (tertiary/aromatic N) is 2. The van der Waals surface area contributed by atoms with Crippen LogP contribution in [0.25, 0.3) is 22.3 Å². The van der Waals surface area contributed by atoms with Gasteiger partial charge in [0.1, 0.15) is 24.1 Å². The van der Waals surface area contributed by atoms with Gasteiger partial charge in [-0.15, -0.1) is 0 Å². The number of halogens is 1. The number of hydrogen-bond acceptors (Lipinski definition) is 9. The van der Waals surface area contributed by atoms with Crippen molar-refractivity contribution < 1.29 is 28.5 Å². The molecule has 4 heterocycles. The fraction of sp³-hybridized carbons (Fsp3) is 0.343. The molecule has 2 aromatic heterocycles. The third-order valence-corrected chi connectivity index (χ3v) is 8.83. The van der Waals surface area contributed by atoms with E-state index in [1.54, 1.807) is 37.8 Å². The first-order valence-corrected chi connectivity index (χ1v) is 16.3. The van der Waals surface area contributed by atoms with Crippen molar-refractivity contribution in [2.24, 2.45) is 5.92 Å². The van der Waals surface area contributed by atoms with Crippen LogP contribution in [0.4, 0.5) is 11.5 Å². The molecule has 11 nitrogen and oxygen atoms in total. The van der Waals surface area contributed by atoms with Gasteiger partial charge in [-0.05, 0) is 76.1 Å². The van der Waals surface area contributed by atoms with E-state index >= 15 is 0 Å². The van der Waals surface area contributed by atoms with Crippen molar-refractivity contribution in [3.63, 3.8) is 0 Å². The van der Waals surface area contributed by atoms with Gasteiger partial charge in [0.05, 0.1) is 31.4 Å². The van der Waals surface area contributed by atoms with E-state index in [0.717, 1.165) is 48.3 Å². The summed E-state index contributed by atoms with van der Waals surface area (Å²) in [6.45, 7) is 4.17. The minimum atomic E-state index is -0.478. The number of ether oxygens (including phenoxy) is 5. The van der Waals surface area contributed by atoms with E-state index in [2.05, 4.69) is 26.2 Å². The Bertz CT molecular complexity index is 1770. The van der Waals surface area contributed by atoms with Gasteiger partial charge in [-0.2, -0.15) is 0 Å². The van der Waals surface area contributed by atoms with Crippen molar-refractivity contribution in [1.82, 2.24) is 9.55 Å². The number of rotatable bonds is 10. The number of anilines is 2. The number of amides is 1. The Morgan fingerprint density at radius 3 is 2.53 bits per heavy atom. The monoisotopic (exact) mass is 704 g/mol. The fourth-order valence-corrected chi connectivity index (χ4v) is 6.14. The number of nitrogens with two attached hydrogens (primary N) is 1. The average molecular weight is 706 g/mol. The van der Waals surface area contributed by atoms with Gasteiger partial charge in [0.15, 0.2) is 11.5 Å². The molecule has 6 rings (SSSR count). The molecular weight excluding hydrogens is 668 g/mol. The topological polar surface area (TPSA) is 136 Å². The van der Waals surface area contributed by atoms with E-state index in [0.29, 0.717) is 66.4 Å². The van der Waals surface area contributed by atoms with E-state index in [-0.39, 0.29) is 17.1 Å². The van der Waals surface area contributed by atoms with Gasteiger partial charge >= 0.3 is 0 Å². The van der Waals surface area contributed by atoms with Crippen LogP contribution in [-0.2, 0) is 20.8 Å². The Morgan fingerprint density at radius 1 is 1.00 bits per heavy atom. The molecule has 3 N–H and O–H groups in total. The molecule has 1 atom stereocenters. The van der Waals surface area contributed by atoms with Gasteiger partial charge in [-0.3, -0.25) is 9.59 Å². The molecular formula is C35H37BrN4O7. The zero-order valence-electron chi connectivity index (χ0n) is 26.1. The summed E-state index contributed by atoms with van der Waals surface area (Å²) in [4.78, 5) is 30.5. The normalized spacial score (nSPS) is 16.9. The highest BCUT2D eigenvalue weighted by Crippen LogP contribution is 2.35. The second kappa shape index (κ2) is 15.1. The Hall–Kier alpha value is -4.23. The molecule has 0 spiro atoms. The highest BCUT2D eigenvalue weighted by Gasteiger charge is 2.19. The van der Waals surface area contributed by atoms with Gasteiger partial charge in [-0.25, -0.2) is 4.98 Å². The van der Waals surface area contributed by atoms with Crippen LogP contribution >= 0.6 is 15.9 Å². The Kier molecular flexibility index (Phi) is 10.5. The van der Waals surface area contributed by atoms with Crippen molar-refractivity contribution >= 4 is 33.3 Å².